The van der Waals surface area contributed by atoms with Crippen LogP contribution in [0.25, 0.3) is 0 Å². The standard InChI is InChI=1S/C18H21FN2/c1-14-7-8-16(11-18(14)19)20-17-9-10-21(13-17)12-15-5-3-2-4-6-15/h2-8,11,17,20H,9-10,12-13H2,1H3. The second-order valence-corrected chi connectivity index (χ2v) is 5.81. The van der Waals surface area contributed by atoms with Crippen molar-refractivity contribution in [2.75, 3.05) is 18.4 Å². The molecule has 2 aromatic carbocycles. The number of hydrogen-bond donors (Lipinski definition) is 1. The summed E-state index contributed by atoms with van der Waals surface area (Å²) in [5.41, 5.74) is 2.92. The van der Waals surface area contributed by atoms with Gasteiger partial charge in [0.25, 0.3) is 0 Å². The van der Waals surface area contributed by atoms with Gasteiger partial charge in [-0.3, -0.25) is 4.90 Å². The third-order valence-corrected chi connectivity index (χ3v) is 4.06. The number of rotatable bonds is 4. The van der Waals surface area contributed by atoms with Gasteiger partial charge < -0.3 is 5.32 Å². The van der Waals surface area contributed by atoms with Gasteiger partial charge in [0.15, 0.2) is 0 Å². The second kappa shape index (κ2) is 6.27. The molecule has 0 bridgehead atoms. The highest BCUT2D eigenvalue weighted by Gasteiger charge is 2.22. The molecule has 0 radical (unpaired) electrons. The molecule has 1 unspecified atom stereocenters. The summed E-state index contributed by atoms with van der Waals surface area (Å²) in [5, 5.41) is 3.44. The lowest BCUT2D eigenvalue weighted by molar-refractivity contribution is 0.328. The summed E-state index contributed by atoms with van der Waals surface area (Å²) < 4.78 is 13.6. The van der Waals surface area contributed by atoms with Gasteiger partial charge in [-0.15, -0.1) is 0 Å². The Bertz CT molecular complexity index is 597. The second-order valence-electron chi connectivity index (χ2n) is 5.81. The highest BCUT2D eigenvalue weighted by atomic mass is 19.1. The molecule has 0 spiro atoms. The molecule has 0 saturated carbocycles. The van der Waals surface area contributed by atoms with E-state index in [1.165, 1.54) is 5.56 Å². The van der Waals surface area contributed by atoms with Crippen molar-refractivity contribution in [1.82, 2.24) is 4.90 Å². The molecular formula is C18H21FN2. The van der Waals surface area contributed by atoms with E-state index in [9.17, 15) is 4.39 Å². The van der Waals surface area contributed by atoms with Crippen LogP contribution in [0.1, 0.15) is 17.5 Å². The minimum atomic E-state index is -0.140. The summed E-state index contributed by atoms with van der Waals surface area (Å²) in [5.74, 6) is -0.140. The van der Waals surface area contributed by atoms with Crippen LogP contribution in [-0.2, 0) is 6.54 Å². The molecule has 3 heteroatoms. The number of likely N-dealkylation sites (tertiary alicyclic amines) is 1. The maximum absolute atomic E-state index is 13.6. The number of hydrogen-bond acceptors (Lipinski definition) is 2. The van der Waals surface area contributed by atoms with E-state index in [0.29, 0.717) is 11.6 Å². The molecule has 1 saturated heterocycles. The summed E-state index contributed by atoms with van der Waals surface area (Å²) in [6.07, 6.45) is 1.10. The monoisotopic (exact) mass is 284 g/mol. The number of aryl methyl sites for hydroxylation is 1. The van der Waals surface area contributed by atoms with Gasteiger partial charge in [-0.05, 0) is 36.6 Å². The smallest absolute Gasteiger partial charge is 0.128 e. The van der Waals surface area contributed by atoms with Gasteiger partial charge in [0, 0.05) is 31.4 Å². The molecule has 21 heavy (non-hydrogen) atoms. The number of anilines is 1. The van der Waals surface area contributed by atoms with Gasteiger partial charge >= 0.3 is 0 Å². The fourth-order valence-corrected chi connectivity index (χ4v) is 2.85. The average Bonchev–Trinajstić information content (AvgIpc) is 2.91. The first-order valence-corrected chi connectivity index (χ1v) is 7.50. The summed E-state index contributed by atoms with van der Waals surface area (Å²) in [6, 6.07) is 16.3. The van der Waals surface area contributed by atoms with E-state index >= 15 is 0 Å². The van der Waals surface area contributed by atoms with Crippen molar-refractivity contribution in [2.24, 2.45) is 0 Å². The minimum absolute atomic E-state index is 0.140. The molecule has 1 atom stereocenters. The molecule has 0 aliphatic carbocycles. The van der Waals surface area contributed by atoms with Crippen molar-refractivity contribution in [3.8, 4) is 0 Å². The van der Waals surface area contributed by atoms with Gasteiger partial charge in [0.2, 0.25) is 0 Å². The maximum Gasteiger partial charge on any atom is 0.128 e. The molecular weight excluding hydrogens is 263 g/mol. The van der Waals surface area contributed by atoms with E-state index in [1.807, 2.05) is 18.2 Å². The van der Waals surface area contributed by atoms with E-state index in [2.05, 4.69) is 34.5 Å². The average molecular weight is 284 g/mol. The Morgan fingerprint density at radius 1 is 1.19 bits per heavy atom. The molecule has 1 aliphatic heterocycles. The Morgan fingerprint density at radius 3 is 2.76 bits per heavy atom. The van der Waals surface area contributed by atoms with Gasteiger partial charge in [-0.25, -0.2) is 4.39 Å². The number of nitrogens with one attached hydrogen (secondary N) is 1. The van der Waals surface area contributed by atoms with Gasteiger partial charge in [0.1, 0.15) is 5.82 Å². The van der Waals surface area contributed by atoms with E-state index in [0.717, 1.165) is 31.7 Å². The lowest BCUT2D eigenvalue weighted by Crippen LogP contribution is -2.26. The highest BCUT2D eigenvalue weighted by molar-refractivity contribution is 5.46. The van der Waals surface area contributed by atoms with Crippen LogP contribution in [0.3, 0.4) is 0 Å². The van der Waals surface area contributed by atoms with Crippen molar-refractivity contribution in [1.29, 1.82) is 0 Å². The largest absolute Gasteiger partial charge is 0.381 e. The van der Waals surface area contributed by atoms with Gasteiger partial charge in [-0.2, -0.15) is 0 Å². The SMILES string of the molecule is Cc1ccc(NC2CCN(Cc3ccccc3)C2)cc1F. The van der Waals surface area contributed by atoms with Crippen molar-refractivity contribution in [3.05, 3.63) is 65.5 Å². The van der Waals surface area contributed by atoms with Crippen LogP contribution in [0, 0.1) is 12.7 Å². The molecule has 0 amide bonds. The molecule has 3 rings (SSSR count). The zero-order valence-corrected chi connectivity index (χ0v) is 12.3. The van der Waals surface area contributed by atoms with Crippen molar-refractivity contribution in [2.45, 2.75) is 25.9 Å². The molecule has 1 heterocycles. The van der Waals surface area contributed by atoms with Crippen LogP contribution in [-0.4, -0.2) is 24.0 Å². The van der Waals surface area contributed by atoms with Gasteiger partial charge in [0.05, 0.1) is 0 Å². The Hall–Kier alpha value is -1.87. The number of benzene rings is 2. The highest BCUT2D eigenvalue weighted by Crippen LogP contribution is 2.19. The minimum Gasteiger partial charge on any atom is -0.381 e. The molecule has 1 N–H and O–H groups in total. The summed E-state index contributed by atoms with van der Waals surface area (Å²) in [4.78, 5) is 2.44. The predicted molar refractivity (Wildman–Crippen MR) is 84.9 cm³/mol. The normalized spacial score (nSPS) is 18.9. The fourth-order valence-electron chi connectivity index (χ4n) is 2.85. The third-order valence-electron chi connectivity index (χ3n) is 4.06. The predicted octanol–water partition coefficient (Wildman–Crippen LogP) is 3.82. The molecule has 2 aromatic rings. The van der Waals surface area contributed by atoms with E-state index in [-0.39, 0.29) is 5.82 Å². The lowest BCUT2D eigenvalue weighted by Gasteiger charge is -2.17. The summed E-state index contributed by atoms with van der Waals surface area (Å²) >= 11 is 0. The van der Waals surface area contributed by atoms with Crippen LogP contribution < -0.4 is 5.32 Å². The first-order valence-electron chi connectivity index (χ1n) is 7.50. The lowest BCUT2D eigenvalue weighted by atomic mass is 10.2. The van der Waals surface area contributed by atoms with E-state index < -0.39 is 0 Å². The Balaban J connectivity index is 1.56. The van der Waals surface area contributed by atoms with Crippen LogP contribution in [0.15, 0.2) is 48.5 Å². The zero-order valence-electron chi connectivity index (χ0n) is 12.3. The third kappa shape index (κ3) is 3.61. The Kier molecular flexibility index (Phi) is 4.20. The van der Waals surface area contributed by atoms with Crippen molar-refractivity contribution >= 4 is 5.69 Å². The molecule has 110 valence electrons. The molecule has 1 fully saturated rings. The first kappa shape index (κ1) is 14.1. The quantitative estimate of drug-likeness (QED) is 0.918. The van der Waals surface area contributed by atoms with E-state index in [1.54, 1.807) is 13.0 Å². The Labute approximate surface area is 125 Å². The van der Waals surface area contributed by atoms with Crippen LogP contribution in [0.5, 0.6) is 0 Å². The number of nitrogens with zero attached hydrogens (tertiary/aromatic N) is 1. The molecule has 1 aliphatic rings. The summed E-state index contributed by atoms with van der Waals surface area (Å²) in [7, 11) is 0. The zero-order chi connectivity index (χ0) is 14.7. The number of halogens is 1. The van der Waals surface area contributed by atoms with Gasteiger partial charge in [-0.1, -0.05) is 36.4 Å². The van der Waals surface area contributed by atoms with Crippen molar-refractivity contribution in [3.63, 3.8) is 0 Å². The Morgan fingerprint density at radius 2 is 2.00 bits per heavy atom. The van der Waals surface area contributed by atoms with Crippen LogP contribution in [0.4, 0.5) is 10.1 Å². The fraction of sp³-hybridized carbons (Fsp3) is 0.333. The maximum atomic E-state index is 13.6. The van der Waals surface area contributed by atoms with E-state index in [4.69, 9.17) is 0 Å². The van der Waals surface area contributed by atoms with Crippen LogP contribution in [0.2, 0.25) is 0 Å². The van der Waals surface area contributed by atoms with Crippen molar-refractivity contribution < 1.29 is 4.39 Å². The summed E-state index contributed by atoms with van der Waals surface area (Å²) in [6.45, 7) is 4.86. The molecule has 2 nitrogen and oxygen atoms in total. The molecule has 0 aromatic heterocycles. The van der Waals surface area contributed by atoms with Crippen LogP contribution >= 0.6 is 0 Å². The topological polar surface area (TPSA) is 15.3 Å². The first-order chi connectivity index (χ1) is 10.2.